The molecule has 0 N–H and O–H groups in total. The molecule has 1 aromatic rings. The molecule has 2 rings (SSSR count). The molecule has 25 heavy (non-hydrogen) atoms. The van der Waals surface area contributed by atoms with Gasteiger partial charge in [0.2, 0.25) is 0 Å². The van der Waals surface area contributed by atoms with Crippen LogP contribution in [0.25, 0.3) is 6.08 Å². The van der Waals surface area contributed by atoms with Crippen LogP contribution in [0.4, 0.5) is 0 Å². The molecule has 1 aliphatic heterocycles. The minimum atomic E-state index is -0.479. The van der Waals surface area contributed by atoms with Crippen molar-refractivity contribution in [2.75, 3.05) is 7.11 Å². The van der Waals surface area contributed by atoms with E-state index in [1.165, 1.54) is 13.2 Å². The van der Waals surface area contributed by atoms with Crippen LogP contribution in [0.5, 0.6) is 0 Å². The van der Waals surface area contributed by atoms with Gasteiger partial charge in [0.15, 0.2) is 0 Å². The van der Waals surface area contributed by atoms with Crippen molar-refractivity contribution < 1.29 is 18.8 Å². The van der Waals surface area contributed by atoms with Gasteiger partial charge in [0, 0.05) is 6.08 Å². The van der Waals surface area contributed by atoms with Crippen molar-refractivity contribution in [2.24, 2.45) is 0 Å². The molecule has 4 nitrogen and oxygen atoms in total. The lowest BCUT2D eigenvalue weighted by atomic mass is 9.77. The second kappa shape index (κ2) is 7.85. The van der Waals surface area contributed by atoms with Crippen LogP contribution in [0.3, 0.4) is 0 Å². The normalized spacial score (nSPS) is 19.7. The van der Waals surface area contributed by atoms with Crippen LogP contribution in [-0.2, 0) is 18.8 Å². The summed E-state index contributed by atoms with van der Waals surface area (Å²) in [5.41, 5.74) is 1.10. The van der Waals surface area contributed by atoms with Gasteiger partial charge >= 0.3 is 13.1 Å². The predicted octanol–water partition coefficient (Wildman–Crippen LogP) is 3.99. The highest BCUT2D eigenvalue weighted by Crippen LogP contribution is 2.39. The maximum atomic E-state index is 11.2. The number of ether oxygens (including phenoxy) is 1. The lowest BCUT2D eigenvalue weighted by Crippen LogP contribution is -2.41. The van der Waals surface area contributed by atoms with E-state index in [1.807, 2.05) is 70.2 Å². The second-order valence-electron chi connectivity index (χ2n) is 6.88. The Morgan fingerprint density at radius 3 is 2.12 bits per heavy atom. The Kier molecular flexibility index (Phi) is 6.04. The molecule has 0 aliphatic carbocycles. The Morgan fingerprint density at radius 1 is 1.00 bits per heavy atom. The molecule has 0 aromatic heterocycles. The Labute approximate surface area is 150 Å². The third-order valence-electron chi connectivity index (χ3n) is 4.49. The van der Waals surface area contributed by atoms with Crippen molar-refractivity contribution in [3.63, 3.8) is 0 Å². The lowest BCUT2D eigenvalue weighted by Gasteiger charge is -2.32. The predicted molar refractivity (Wildman–Crippen MR) is 101 cm³/mol. The van der Waals surface area contributed by atoms with Crippen LogP contribution >= 0.6 is 0 Å². The zero-order valence-electron chi connectivity index (χ0n) is 15.5. The first-order chi connectivity index (χ1) is 11.7. The summed E-state index contributed by atoms with van der Waals surface area (Å²) < 4.78 is 16.9. The van der Waals surface area contributed by atoms with Crippen LogP contribution in [0, 0.1) is 0 Å². The van der Waals surface area contributed by atoms with Crippen molar-refractivity contribution in [1.82, 2.24) is 0 Å². The quantitative estimate of drug-likeness (QED) is 0.352. The first-order valence-electron chi connectivity index (χ1n) is 8.30. The number of esters is 1. The number of benzene rings is 1. The summed E-state index contributed by atoms with van der Waals surface area (Å²) in [6.07, 6.45) is 8.67. The molecule has 132 valence electrons. The number of allylic oxidation sites excluding steroid dienone is 4. The first kappa shape index (κ1) is 19.2. The molecule has 0 radical (unpaired) electrons. The van der Waals surface area contributed by atoms with Gasteiger partial charge in [0.25, 0.3) is 0 Å². The molecule has 0 unspecified atom stereocenters. The second-order valence-corrected chi connectivity index (χ2v) is 6.88. The molecule has 5 heteroatoms. The molecule has 1 heterocycles. The van der Waals surface area contributed by atoms with Crippen molar-refractivity contribution in [3.8, 4) is 0 Å². The van der Waals surface area contributed by atoms with E-state index in [0.717, 1.165) is 11.0 Å². The molecule has 0 atom stereocenters. The molecule has 0 saturated carbocycles. The Morgan fingerprint density at radius 2 is 1.56 bits per heavy atom. The zero-order valence-corrected chi connectivity index (χ0v) is 15.5. The van der Waals surface area contributed by atoms with Crippen LogP contribution in [0.2, 0.25) is 0 Å². The van der Waals surface area contributed by atoms with E-state index < -0.39 is 24.3 Å². The number of rotatable bonds is 5. The van der Waals surface area contributed by atoms with Gasteiger partial charge in [-0.05, 0) is 38.7 Å². The fourth-order valence-corrected chi connectivity index (χ4v) is 2.28. The highest BCUT2D eigenvalue weighted by Gasteiger charge is 2.51. The summed E-state index contributed by atoms with van der Waals surface area (Å²) in [6.45, 7) is 8.09. The molecular weight excluding hydrogens is 315 g/mol. The maximum Gasteiger partial charge on any atom is 0.494 e. The molecule has 0 bridgehead atoms. The van der Waals surface area contributed by atoms with Crippen molar-refractivity contribution >= 4 is 19.2 Å². The largest absolute Gasteiger partial charge is 0.494 e. The molecule has 1 aromatic carbocycles. The Bertz CT molecular complexity index is 671. The summed E-state index contributed by atoms with van der Waals surface area (Å²) in [5, 5.41) is 0. The first-order valence-corrected chi connectivity index (χ1v) is 8.30. The van der Waals surface area contributed by atoms with E-state index in [2.05, 4.69) is 4.74 Å². The van der Waals surface area contributed by atoms with Gasteiger partial charge in [-0.3, -0.25) is 0 Å². The summed E-state index contributed by atoms with van der Waals surface area (Å²) in [7, 11) is 0.870. The molecule has 1 aliphatic rings. The topological polar surface area (TPSA) is 44.8 Å². The van der Waals surface area contributed by atoms with Crippen molar-refractivity contribution in [2.45, 2.75) is 38.9 Å². The van der Waals surface area contributed by atoms with E-state index in [4.69, 9.17) is 9.31 Å². The minimum Gasteiger partial charge on any atom is -0.466 e. The van der Waals surface area contributed by atoms with Crippen LogP contribution in [-0.4, -0.2) is 31.4 Å². The highest BCUT2D eigenvalue weighted by atomic mass is 16.7. The minimum absolute atomic E-state index is 0.395. The fourth-order valence-electron chi connectivity index (χ4n) is 2.28. The number of hydrogen-bond acceptors (Lipinski definition) is 4. The van der Waals surface area contributed by atoms with E-state index >= 15 is 0 Å². The third kappa shape index (κ3) is 4.94. The monoisotopic (exact) mass is 340 g/mol. The van der Waals surface area contributed by atoms with E-state index in [9.17, 15) is 4.79 Å². The SMILES string of the molecule is COC(=O)/C=C/C=C/C(=C/c1ccccc1)B1OC(C)(C)C(C)(C)O1. The summed E-state index contributed by atoms with van der Waals surface area (Å²) in [4.78, 5) is 11.2. The van der Waals surface area contributed by atoms with E-state index in [1.54, 1.807) is 12.2 Å². The van der Waals surface area contributed by atoms with Gasteiger partial charge in [0.1, 0.15) is 0 Å². The Hall–Kier alpha value is -2.11. The van der Waals surface area contributed by atoms with Crippen LogP contribution < -0.4 is 0 Å². The average molecular weight is 340 g/mol. The third-order valence-corrected chi connectivity index (χ3v) is 4.49. The van der Waals surface area contributed by atoms with Gasteiger partial charge in [-0.25, -0.2) is 4.79 Å². The summed E-state index contributed by atoms with van der Waals surface area (Å²) in [6, 6.07) is 9.97. The van der Waals surface area contributed by atoms with Crippen LogP contribution in [0.1, 0.15) is 33.3 Å². The lowest BCUT2D eigenvalue weighted by molar-refractivity contribution is -0.134. The van der Waals surface area contributed by atoms with Gasteiger partial charge < -0.3 is 14.0 Å². The maximum absolute atomic E-state index is 11.2. The molecule has 0 spiro atoms. The van der Waals surface area contributed by atoms with Crippen molar-refractivity contribution in [1.29, 1.82) is 0 Å². The average Bonchev–Trinajstić information content (AvgIpc) is 2.79. The van der Waals surface area contributed by atoms with Crippen LogP contribution in [0.15, 0.2) is 60.1 Å². The standard InChI is InChI=1S/C20H25BO4/c1-19(2)20(3,4)25-21(24-19)17(13-9-10-14-18(22)23-5)15-16-11-7-6-8-12-16/h6-15H,1-5H3/b13-9+,14-10+,17-15-. The Balaban J connectivity index is 2.28. The number of hydrogen-bond donors (Lipinski definition) is 0. The van der Waals surface area contributed by atoms with Gasteiger partial charge in [-0.1, -0.05) is 54.6 Å². The number of methoxy groups -OCH3 is 1. The van der Waals surface area contributed by atoms with Crippen molar-refractivity contribution in [3.05, 3.63) is 65.7 Å². The van der Waals surface area contributed by atoms with Gasteiger partial charge in [-0.15, -0.1) is 0 Å². The molecule has 1 fully saturated rings. The van der Waals surface area contributed by atoms with Gasteiger partial charge in [-0.2, -0.15) is 0 Å². The van der Waals surface area contributed by atoms with E-state index in [-0.39, 0.29) is 0 Å². The molecule has 1 saturated heterocycles. The fraction of sp³-hybridized carbons (Fsp3) is 0.350. The number of carbonyl (C=O) groups is 1. The van der Waals surface area contributed by atoms with Gasteiger partial charge in [0.05, 0.1) is 18.3 Å². The molecule has 0 amide bonds. The smallest absolute Gasteiger partial charge is 0.466 e. The van der Waals surface area contributed by atoms with E-state index in [0.29, 0.717) is 0 Å². The number of carbonyl (C=O) groups excluding carboxylic acids is 1. The summed E-state index contributed by atoms with van der Waals surface area (Å²) in [5.74, 6) is -0.395. The summed E-state index contributed by atoms with van der Waals surface area (Å²) >= 11 is 0. The zero-order chi connectivity index (χ0) is 18.5. The highest BCUT2D eigenvalue weighted by molar-refractivity contribution is 6.56. The molecular formula is C20H25BO4.